The molecule has 8 heteroatoms. The molecule has 1 aromatic carbocycles. The van der Waals surface area contributed by atoms with E-state index in [9.17, 15) is 13.2 Å². The van der Waals surface area contributed by atoms with E-state index in [0.717, 1.165) is 57.7 Å². The van der Waals surface area contributed by atoms with Crippen molar-refractivity contribution in [1.82, 2.24) is 9.62 Å². The highest BCUT2D eigenvalue weighted by Crippen LogP contribution is 2.20. The highest BCUT2D eigenvalue weighted by Gasteiger charge is 2.27. The number of nitrogens with zero attached hydrogens (tertiary/aromatic N) is 2. The van der Waals surface area contributed by atoms with Crippen LogP contribution in [-0.2, 0) is 14.8 Å². The summed E-state index contributed by atoms with van der Waals surface area (Å²) in [7, 11) is -3.24. The number of amides is 1. The van der Waals surface area contributed by atoms with E-state index in [0.29, 0.717) is 6.54 Å². The minimum absolute atomic E-state index is 0.149. The largest absolute Gasteiger partial charge is 0.385 e. The highest BCUT2D eigenvalue weighted by atomic mass is 32.2. The van der Waals surface area contributed by atoms with E-state index >= 15 is 0 Å². The fourth-order valence-electron chi connectivity index (χ4n) is 3.15. The first-order chi connectivity index (χ1) is 13.6. The van der Waals surface area contributed by atoms with Gasteiger partial charge in [-0.15, -0.1) is 0 Å². The number of hydrogen-bond donors (Lipinski definition) is 2. The molecular weight excluding hydrogens is 388 g/mol. The molecule has 0 spiro atoms. The maximum Gasteiger partial charge on any atom is 0.219 e. The summed E-state index contributed by atoms with van der Waals surface area (Å²) < 4.78 is 25.9. The van der Waals surface area contributed by atoms with Crippen molar-refractivity contribution in [2.24, 2.45) is 0 Å². The number of piperazine rings is 1. The number of hydrogen-bond acceptors (Lipinski definition) is 5. The van der Waals surface area contributed by atoms with Crippen molar-refractivity contribution < 1.29 is 13.2 Å². The minimum atomic E-state index is -3.24. The van der Waals surface area contributed by atoms with Gasteiger partial charge in [0, 0.05) is 57.6 Å². The number of anilines is 2. The first kappa shape index (κ1) is 23.5. The number of sulfonamides is 1. The first-order valence-electron chi connectivity index (χ1n) is 10.4. The molecule has 0 aromatic heterocycles. The Balaban J connectivity index is 1.63. The normalized spacial score (nSPS) is 15.4. The van der Waals surface area contributed by atoms with Crippen LogP contribution in [0, 0.1) is 0 Å². The second-order valence-electron chi connectivity index (χ2n) is 8.54. The zero-order valence-electron chi connectivity index (χ0n) is 18.2. The predicted molar refractivity (Wildman–Crippen MR) is 120 cm³/mol. The smallest absolute Gasteiger partial charge is 0.219 e. The standard InChI is InChI=1S/C21H36N4O3S/c1-18(26)24-14-16-25(17-15-24)20-10-8-19(9-11-20)22-12-6-5-7-13-23-29(27,28)21(2,3)4/h8-11,22-23H,5-7,12-17H2,1-4H3. The maximum absolute atomic E-state index is 12.0. The molecule has 0 radical (unpaired) electrons. The van der Waals surface area contributed by atoms with E-state index in [2.05, 4.69) is 39.2 Å². The number of carbonyl (C=O) groups is 1. The average Bonchev–Trinajstić information content (AvgIpc) is 2.67. The Labute approximate surface area is 175 Å². The third-order valence-electron chi connectivity index (χ3n) is 5.24. The molecule has 0 atom stereocenters. The summed E-state index contributed by atoms with van der Waals surface area (Å²) in [6, 6.07) is 8.41. The molecule has 1 fully saturated rings. The Morgan fingerprint density at radius 2 is 1.55 bits per heavy atom. The molecular formula is C21H36N4O3S. The van der Waals surface area contributed by atoms with Gasteiger partial charge in [0.1, 0.15) is 0 Å². The predicted octanol–water partition coefficient (Wildman–Crippen LogP) is 2.66. The van der Waals surface area contributed by atoms with Gasteiger partial charge in [-0.3, -0.25) is 4.79 Å². The second kappa shape index (κ2) is 10.3. The number of unbranched alkanes of at least 4 members (excludes halogenated alkanes) is 2. The van der Waals surface area contributed by atoms with Gasteiger partial charge in [-0.1, -0.05) is 6.42 Å². The molecule has 1 aliphatic heterocycles. The Bertz CT molecular complexity index is 749. The summed E-state index contributed by atoms with van der Waals surface area (Å²) in [5.74, 6) is 0.149. The summed E-state index contributed by atoms with van der Waals surface area (Å²) in [6.07, 6.45) is 2.80. The Kier molecular flexibility index (Phi) is 8.34. The van der Waals surface area contributed by atoms with Crippen LogP contribution in [0.15, 0.2) is 24.3 Å². The van der Waals surface area contributed by atoms with E-state index in [1.54, 1.807) is 27.7 Å². The van der Waals surface area contributed by atoms with Gasteiger partial charge < -0.3 is 15.1 Å². The van der Waals surface area contributed by atoms with Crippen molar-refractivity contribution in [1.29, 1.82) is 0 Å². The monoisotopic (exact) mass is 424 g/mol. The van der Waals surface area contributed by atoms with Gasteiger partial charge in [0.2, 0.25) is 15.9 Å². The summed E-state index contributed by atoms with van der Waals surface area (Å²) >= 11 is 0. The molecule has 164 valence electrons. The quantitative estimate of drug-likeness (QED) is 0.596. The van der Waals surface area contributed by atoms with Gasteiger partial charge in [-0.05, 0) is 57.9 Å². The van der Waals surface area contributed by atoms with Crippen LogP contribution in [0.1, 0.15) is 47.0 Å². The summed E-state index contributed by atoms with van der Waals surface area (Å²) in [6.45, 7) is 11.4. The lowest BCUT2D eigenvalue weighted by Gasteiger charge is -2.35. The van der Waals surface area contributed by atoms with Crippen LogP contribution in [0.4, 0.5) is 11.4 Å². The second-order valence-corrected chi connectivity index (χ2v) is 11.1. The van der Waals surface area contributed by atoms with Crippen molar-refractivity contribution in [2.75, 3.05) is 49.5 Å². The molecule has 2 N–H and O–H groups in total. The van der Waals surface area contributed by atoms with Crippen LogP contribution in [0.25, 0.3) is 0 Å². The molecule has 0 aliphatic carbocycles. The van der Waals surface area contributed by atoms with Gasteiger partial charge in [0.15, 0.2) is 0 Å². The number of rotatable bonds is 9. The van der Waals surface area contributed by atoms with E-state index in [1.165, 1.54) is 5.69 Å². The first-order valence-corrected chi connectivity index (χ1v) is 11.9. The zero-order valence-corrected chi connectivity index (χ0v) is 19.0. The van der Waals surface area contributed by atoms with Crippen molar-refractivity contribution in [3.8, 4) is 0 Å². The van der Waals surface area contributed by atoms with Gasteiger partial charge in [-0.25, -0.2) is 13.1 Å². The molecule has 1 heterocycles. The van der Waals surface area contributed by atoms with Crippen LogP contribution in [0.2, 0.25) is 0 Å². The van der Waals surface area contributed by atoms with Gasteiger partial charge in [-0.2, -0.15) is 0 Å². The zero-order chi connectivity index (χ0) is 21.5. The molecule has 1 aromatic rings. The SMILES string of the molecule is CC(=O)N1CCN(c2ccc(NCCCCCNS(=O)(=O)C(C)(C)C)cc2)CC1. The molecule has 0 saturated carbocycles. The molecule has 29 heavy (non-hydrogen) atoms. The third-order valence-corrected chi connectivity index (χ3v) is 7.43. The third kappa shape index (κ3) is 7.19. The minimum Gasteiger partial charge on any atom is -0.385 e. The lowest BCUT2D eigenvalue weighted by Crippen LogP contribution is -2.48. The van der Waals surface area contributed by atoms with Gasteiger partial charge in [0.05, 0.1) is 4.75 Å². The van der Waals surface area contributed by atoms with Crippen LogP contribution in [0.5, 0.6) is 0 Å². The van der Waals surface area contributed by atoms with Crippen LogP contribution >= 0.6 is 0 Å². The fraction of sp³-hybridized carbons (Fsp3) is 0.667. The Morgan fingerprint density at radius 1 is 0.966 bits per heavy atom. The Hall–Kier alpha value is -1.80. The Morgan fingerprint density at radius 3 is 2.10 bits per heavy atom. The lowest BCUT2D eigenvalue weighted by molar-refractivity contribution is -0.129. The average molecular weight is 425 g/mol. The lowest BCUT2D eigenvalue weighted by atomic mass is 10.2. The molecule has 1 aliphatic rings. The summed E-state index contributed by atoms with van der Waals surface area (Å²) in [5, 5.41) is 3.42. The maximum atomic E-state index is 12.0. The van der Waals surface area contributed by atoms with Crippen LogP contribution in [0.3, 0.4) is 0 Å². The summed E-state index contributed by atoms with van der Waals surface area (Å²) in [5.41, 5.74) is 2.27. The van der Waals surface area contributed by atoms with Crippen LogP contribution in [-0.4, -0.2) is 63.2 Å². The highest BCUT2D eigenvalue weighted by molar-refractivity contribution is 7.90. The molecule has 2 rings (SSSR count). The molecule has 7 nitrogen and oxygen atoms in total. The van der Waals surface area contributed by atoms with Crippen molar-refractivity contribution in [3.63, 3.8) is 0 Å². The topological polar surface area (TPSA) is 81.8 Å². The van der Waals surface area contributed by atoms with Crippen molar-refractivity contribution >= 4 is 27.3 Å². The van der Waals surface area contributed by atoms with Gasteiger partial charge >= 0.3 is 0 Å². The van der Waals surface area contributed by atoms with Crippen molar-refractivity contribution in [3.05, 3.63) is 24.3 Å². The molecule has 1 amide bonds. The number of carbonyl (C=O) groups excluding carboxylic acids is 1. The van der Waals surface area contributed by atoms with E-state index < -0.39 is 14.8 Å². The van der Waals surface area contributed by atoms with Crippen molar-refractivity contribution in [2.45, 2.75) is 51.7 Å². The molecule has 0 bridgehead atoms. The van der Waals surface area contributed by atoms with Gasteiger partial charge in [0.25, 0.3) is 0 Å². The fourth-order valence-corrected chi connectivity index (χ4v) is 4.00. The number of benzene rings is 1. The van der Waals surface area contributed by atoms with E-state index in [1.807, 2.05) is 4.90 Å². The number of nitrogens with one attached hydrogen (secondary N) is 2. The summed E-state index contributed by atoms with van der Waals surface area (Å²) in [4.78, 5) is 15.6. The van der Waals surface area contributed by atoms with E-state index in [4.69, 9.17) is 0 Å². The molecule has 1 saturated heterocycles. The molecule has 0 unspecified atom stereocenters. The van der Waals surface area contributed by atoms with E-state index in [-0.39, 0.29) is 5.91 Å². The van der Waals surface area contributed by atoms with Crippen LogP contribution < -0.4 is 14.9 Å².